The van der Waals surface area contributed by atoms with Gasteiger partial charge in [0.05, 0.1) is 5.69 Å². The Kier molecular flexibility index (Phi) is 2.00. The Morgan fingerprint density at radius 2 is 2.06 bits per heavy atom. The lowest BCUT2D eigenvalue weighted by atomic mass is 10.1. The van der Waals surface area contributed by atoms with Crippen LogP contribution >= 0.6 is 11.3 Å². The standard InChI is InChI=1S/C11H6F2N2S/c12-8-2-1-7(5-9(8)13)10-6-16-11-14-3-4-15(10)11/h1-6H. The molecule has 0 spiro atoms. The number of hydrogen-bond acceptors (Lipinski definition) is 2. The summed E-state index contributed by atoms with van der Waals surface area (Å²) in [6, 6.07) is 3.88. The minimum atomic E-state index is -0.836. The zero-order valence-corrected chi connectivity index (χ0v) is 8.84. The predicted molar refractivity (Wildman–Crippen MR) is 58.4 cm³/mol. The summed E-state index contributed by atoms with van der Waals surface area (Å²) in [4.78, 5) is 4.95. The van der Waals surface area contributed by atoms with Gasteiger partial charge < -0.3 is 0 Å². The molecule has 0 bridgehead atoms. The number of imidazole rings is 1. The Morgan fingerprint density at radius 1 is 1.19 bits per heavy atom. The number of fused-ring (bicyclic) bond motifs is 1. The van der Waals surface area contributed by atoms with E-state index in [2.05, 4.69) is 4.98 Å². The summed E-state index contributed by atoms with van der Waals surface area (Å²) >= 11 is 1.46. The Bertz CT molecular complexity index is 657. The van der Waals surface area contributed by atoms with Gasteiger partial charge in [0, 0.05) is 23.3 Å². The maximum absolute atomic E-state index is 13.1. The first-order valence-electron chi connectivity index (χ1n) is 4.62. The third-order valence-electron chi connectivity index (χ3n) is 2.36. The van der Waals surface area contributed by atoms with Crippen molar-refractivity contribution in [1.82, 2.24) is 9.38 Å². The van der Waals surface area contributed by atoms with Crippen molar-refractivity contribution in [2.75, 3.05) is 0 Å². The van der Waals surface area contributed by atoms with Gasteiger partial charge in [-0.15, -0.1) is 11.3 Å². The molecular weight excluding hydrogens is 230 g/mol. The van der Waals surface area contributed by atoms with Crippen LogP contribution in [0.3, 0.4) is 0 Å². The van der Waals surface area contributed by atoms with Crippen molar-refractivity contribution in [3.8, 4) is 11.3 Å². The number of hydrogen-bond donors (Lipinski definition) is 0. The van der Waals surface area contributed by atoms with E-state index in [1.807, 2.05) is 9.78 Å². The molecule has 2 heterocycles. The molecule has 0 radical (unpaired) electrons. The van der Waals surface area contributed by atoms with E-state index in [1.165, 1.54) is 17.4 Å². The van der Waals surface area contributed by atoms with Crippen molar-refractivity contribution in [1.29, 1.82) is 0 Å². The van der Waals surface area contributed by atoms with Gasteiger partial charge in [-0.1, -0.05) is 0 Å². The highest BCUT2D eigenvalue weighted by atomic mass is 32.1. The van der Waals surface area contributed by atoms with E-state index in [0.29, 0.717) is 5.56 Å². The van der Waals surface area contributed by atoms with Gasteiger partial charge >= 0.3 is 0 Å². The van der Waals surface area contributed by atoms with E-state index in [0.717, 1.165) is 16.7 Å². The van der Waals surface area contributed by atoms with E-state index >= 15 is 0 Å². The third kappa shape index (κ3) is 1.32. The number of halogens is 2. The SMILES string of the molecule is Fc1ccc(-c2csc3nccn23)cc1F. The second-order valence-electron chi connectivity index (χ2n) is 3.33. The first-order valence-corrected chi connectivity index (χ1v) is 5.49. The maximum atomic E-state index is 13.1. The Morgan fingerprint density at radius 3 is 2.88 bits per heavy atom. The van der Waals surface area contributed by atoms with Crippen molar-refractivity contribution < 1.29 is 8.78 Å². The smallest absolute Gasteiger partial charge is 0.194 e. The molecule has 0 saturated heterocycles. The summed E-state index contributed by atoms with van der Waals surface area (Å²) in [7, 11) is 0. The number of benzene rings is 1. The molecule has 0 saturated carbocycles. The van der Waals surface area contributed by atoms with E-state index in [1.54, 1.807) is 18.5 Å². The summed E-state index contributed by atoms with van der Waals surface area (Å²) in [6.45, 7) is 0. The molecule has 0 amide bonds. The van der Waals surface area contributed by atoms with Gasteiger partial charge in [-0.25, -0.2) is 13.8 Å². The van der Waals surface area contributed by atoms with Crippen molar-refractivity contribution in [3.63, 3.8) is 0 Å². The molecule has 5 heteroatoms. The summed E-state index contributed by atoms with van der Waals surface area (Å²) < 4.78 is 27.7. The molecule has 0 aliphatic heterocycles. The average molecular weight is 236 g/mol. The van der Waals surface area contributed by atoms with Crippen LogP contribution < -0.4 is 0 Å². The molecule has 80 valence electrons. The number of aromatic nitrogens is 2. The van der Waals surface area contributed by atoms with Gasteiger partial charge in [0.2, 0.25) is 0 Å². The highest BCUT2D eigenvalue weighted by Gasteiger charge is 2.09. The van der Waals surface area contributed by atoms with Crippen LogP contribution in [0.1, 0.15) is 0 Å². The molecule has 0 fully saturated rings. The van der Waals surface area contributed by atoms with Gasteiger partial charge in [-0.3, -0.25) is 4.40 Å². The van der Waals surface area contributed by atoms with Crippen LogP contribution in [-0.2, 0) is 0 Å². The molecule has 0 aliphatic carbocycles. The quantitative estimate of drug-likeness (QED) is 0.633. The molecule has 0 unspecified atom stereocenters. The van der Waals surface area contributed by atoms with E-state index in [4.69, 9.17) is 0 Å². The van der Waals surface area contributed by atoms with Crippen LogP contribution in [0, 0.1) is 11.6 Å². The lowest BCUT2D eigenvalue weighted by Gasteiger charge is -2.00. The van der Waals surface area contributed by atoms with Crippen LogP contribution in [0.4, 0.5) is 8.78 Å². The molecule has 0 aliphatic rings. The lowest BCUT2D eigenvalue weighted by molar-refractivity contribution is 0.509. The van der Waals surface area contributed by atoms with Crippen molar-refractivity contribution in [2.24, 2.45) is 0 Å². The van der Waals surface area contributed by atoms with E-state index in [-0.39, 0.29) is 0 Å². The van der Waals surface area contributed by atoms with E-state index < -0.39 is 11.6 Å². The van der Waals surface area contributed by atoms with E-state index in [9.17, 15) is 8.78 Å². The summed E-state index contributed by atoms with van der Waals surface area (Å²) in [5.74, 6) is -1.67. The zero-order valence-electron chi connectivity index (χ0n) is 8.02. The molecule has 3 rings (SSSR count). The minimum absolute atomic E-state index is 0.642. The zero-order chi connectivity index (χ0) is 11.1. The molecule has 16 heavy (non-hydrogen) atoms. The maximum Gasteiger partial charge on any atom is 0.194 e. The molecule has 0 N–H and O–H groups in total. The normalized spacial score (nSPS) is 11.1. The van der Waals surface area contributed by atoms with Gasteiger partial charge in [-0.05, 0) is 18.2 Å². The molecule has 2 nitrogen and oxygen atoms in total. The molecular formula is C11H6F2N2S. The van der Waals surface area contributed by atoms with Crippen LogP contribution in [0.2, 0.25) is 0 Å². The van der Waals surface area contributed by atoms with Gasteiger partial charge in [0.25, 0.3) is 0 Å². The summed E-state index contributed by atoms with van der Waals surface area (Å²) in [5, 5.41) is 1.87. The summed E-state index contributed by atoms with van der Waals surface area (Å²) in [5.41, 5.74) is 1.46. The Hall–Kier alpha value is -1.75. The van der Waals surface area contributed by atoms with Gasteiger partial charge in [-0.2, -0.15) is 0 Å². The predicted octanol–water partition coefficient (Wildman–Crippen LogP) is 3.34. The highest BCUT2D eigenvalue weighted by molar-refractivity contribution is 7.15. The van der Waals surface area contributed by atoms with Gasteiger partial charge in [0.1, 0.15) is 0 Å². The van der Waals surface area contributed by atoms with Gasteiger partial charge in [0.15, 0.2) is 16.6 Å². The third-order valence-corrected chi connectivity index (χ3v) is 3.21. The molecule has 1 aromatic carbocycles. The monoisotopic (exact) mass is 236 g/mol. The first-order chi connectivity index (χ1) is 7.75. The minimum Gasteiger partial charge on any atom is -0.290 e. The van der Waals surface area contributed by atoms with Crippen LogP contribution in [0.5, 0.6) is 0 Å². The van der Waals surface area contributed by atoms with Crippen molar-refractivity contribution in [2.45, 2.75) is 0 Å². The van der Waals surface area contributed by atoms with Crippen LogP contribution in [0.15, 0.2) is 36.0 Å². The molecule has 3 aromatic rings. The van der Waals surface area contributed by atoms with Crippen molar-refractivity contribution in [3.05, 3.63) is 47.6 Å². The highest BCUT2D eigenvalue weighted by Crippen LogP contribution is 2.26. The number of thiazole rings is 1. The Labute approximate surface area is 93.8 Å². The topological polar surface area (TPSA) is 17.3 Å². The second kappa shape index (κ2) is 3.38. The molecule has 0 atom stereocenters. The van der Waals surface area contributed by atoms with Crippen LogP contribution in [0.25, 0.3) is 16.2 Å². The fourth-order valence-electron chi connectivity index (χ4n) is 1.59. The lowest BCUT2D eigenvalue weighted by Crippen LogP contribution is -1.88. The number of rotatable bonds is 1. The fourth-order valence-corrected chi connectivity index (χ4v) is 2.45. The first kappa shape index (κ1) is 9.47. The average Bonchev–Trinajstić information content (AvgIpc) is 2.83. The molecule has 2 aromatic heterocycles. The Balaban J connectivity index is 2.23. The van der Waals surface area contributed by atoms with Crippen molar-refractivity contribution >= 4 is 16.3 Å². The summed E-state index contributed by atoms with van der Waals surface area (Å²) in [6.07, 6.45) is 3.47. The number of nitrogens with zero attached hydrogens (tertiary/aromatic N) is 2. The second-order valence-corrected chi connectivity index (χ2v) is 4.17. The fraction of sp³-hybridized carbons (Fsp3) is 0. The van der Waals surface area contributed by atoms with Crippen LogP contribution in [-0.4, -0.2) is 9.38 Å². The largest absolute Gasteiger partial charge is 0.290 e.